The highest BCUT2D eigenvalue weighted by molar-refractivity contribution is 14.0. The van der Waals surface area contributed by atoms with E-state index < -0.39 is 0 Å². The summed E-state index contributed by atoms with van der Waals surface area (Å²) in [6.45, 7) is 14.6. The van der Waals surface area contributed by atoms with Gasteiger partial charge in [-0.3, -0.25) is 4.99 Å². The second-order valence-electron chi connectivity index (χ2n) is 6.55. The van der Waals surface area contributed by atoms with Crippen molar-refractivity contribution in [2.24, 2.45) is 16.8 Å². The van der Waals surface area contributed by atoms with Crippen LogP contribution in [0.3, 0.4) is 0 Å². The first-order chi connectivity index (χ1) is 10.3. The summed E-state index contributed by atoms with van der Waals surface area (Å²) in [5, 5.41) is 3.48. The Bertz CT molecular complexity index is 327. The van der Waals surface area contributed by atoms with Crippen LogP contribution in [0.1, 0.15) is 46.5 Å². The summed E-state index contributed by atoms with van der Waals surface area (Å²) in [5.74, 6) is 2.93. The van der Waals surface area contributed by atoms with Crippen molar-refractivity contribution in [1.29, 1.82) is 0 Å². The van der Waals surface area contributed by atoms with Gasteiger partial charge in [0.2, 0.25) is 0 Å². The van der Waals surface area contributed by atoms with Gasteiger partial charge in [0.25, 0.3) is 0 Å². The fraction of sp³-hybridized carbons (Fsp3) is 0.941. The molecule has 1 saturated heterocycles. The number of nitrogens with zero attached hydrogens (tertiary/aromatic N) is 3. The summed E-state index contributed by atoms with van der Waals surface area (Å²) >= 11 is 0. The largest absolute Gasteiger partial charge is 0.357 e. The molecule has 1 saturated carbocycles. The van der Waals surface area contributed by atoms with Crippen LogP contribution in [-0.2, 0) is 0 Å². The first-order valence-corrected chi connectivity index (χ1v) is 9.02. The maximum atomic E-state index is 4.85. The molecule has 0 aromatic heterocycles. The lowest BCUT2D eigenvalue weighted by atomic mass is 10.1. The highest BCUT2D eigenvalue weighted by atomic mass is 127. The SMILES string of the molecule is CCNC(=NCCC1CC1)N1CCC(CN(CC)CC)C1.I. The van der Waals surface area contributed by atoms with Gasteiger partial charge >= 0.3 is 0 Å². The summed E-state index contributed by atoms with van der Waals surface area (Å²) in [5.41, 5.74) is 0. The predicted molar refractivity (Wildman–Crippen MR) is 106 cm³/mol. The standard InChI is InChI=1S/C17H34N4.HI/c1-4-18-17(19-11-9-15-7-8-15)21-12-10-16(14-21)13-20(5-2)6-3;/h15-16H,4-14H2,1-3H3,(H,18,19);1H. The van der Waals surface area contributed by atoms with Gasteiger partial charge < -0.3 is 15.1 Å². The van der Waals surface area contributed by atoms with Gasteiger partial charge in [0.05, 0.1) is 0 Å². The van der Waals surface area contributed by atoms with Crippen molar-refractivity contribution in [2.75, 3.05) is 45.8 Å². The average Bonchev–Trinajstić information content (AvgIpc) is 3.20. The number of guanidine groups is 1. The molecule has 0 spiro atoms. The molecule has 1 unspecified atom stereocenters. The highest BCUT2D eigenvalue weighted by Gasteiger charge is 2.26. The van der Waals surface area contributed by atoms with Crippen LogP contribution in [0.5, 0.6) is 0 Å². The van der Waals surface area contributed by atoms with Crippen molar-refractivity contribution >= 4 is 29.9 Å². The van der Waals surface area contributed by atoms with E-state index in [1.807, 2.05) is 0 Å². The van der Waals surface area contributed by atoms with Gasteiger partial charge in [-0.05, 0) is 44.7 Å². The maximum absolute atomic E-state index is 4.85. The van der Waals surface area contributed by atoms with E-state index in [-0.39, 0.29) is 24.0 Å². The van der Waals surface area contributed by atoms with E-state index in [9.17, 15) is 0 Å². The number of halogens is 1. The van der Waals surface area contributed by atoms with Crippen molar-refractivity contribution in [3.63, 3.8) is 0 Å². The summed E-state index contributed by atoms with van der Waals surface area (Å²) in [4.78, 5) is 9.87. The number of likely N-dealkylation sites (tertiary alicyclic amines) is 1. The molecule has 22 heavy (non-hydrogen) atoms. The van der Waals surface area contributed by atoms with Crippen LogP contribution in [0, 0.1) is 11.8 Å². The van der Waals surface area contributed by atoms with Crippen LogP contribution in [0.25, 0.3) is 0 Å². The molecule has 130 valence electrons. The zero-order valence-electron chi connectivity index (χ0n) is 14.7. The quantitative estimate of drug-likeness (QED) is 0.371. The molecule has 2 rings (SSSR count). The third-order valence-corrected chi connectivity index (χ3v) is 4.83. The predicted octanol–water partition coefficient (Wildman–Crippen LogP) is 3.03. The number of aliphatic imine (C=N–C) groups is 1. The topological polar surface area (TPSA) is 30.9 Å². The van der Waals surface area contributed by atoms with Crippen molar-refractivity contribution in [3.8, 4) is 0 Å². The fourth-order valence-corrected chi connectivity index (χ4v) is 3.21. The molecule has 1 aliphatic heterocycles. The molecule has 1 N–H and O–H groups in total. The van der Waals surface area contributed by atoms with E-state index in [1.165, 1.54) is 58.4 Å². The van der Waals surface area contributed by atoms with Crippen molar-refractivity contribution in [2.45, 2.75) is 46.5 Å². The van der Waals surface area contributed by atoms with Gasteiger partial charge in [-0.15, -0.1) is 24.0 Å². The van der Waals surface area contributed by atoms with Crippen LogP contribution < -0.4 is 5.32 Å². The van der Waals surface area contributed by atoms with E-state index in [4.69, 9.17) is 4.99 Å². The highest BCUT2D eigenvalue weighted by Crippen LogP contribution is 2.32. The van der Waals surface area contributed by atoms with Crippen LogP contribution in [0.15, 0.2) is 4.99 Å². The number of nitrogens with one attached hydrogen (secondary N) is 1. The number of hydrogen-bond acceptors (Lipinski definition) is 2. The third kappa shape index (κ3) is 6.60. The fourth-order valence-electron chi connectivity index (χ4n) is 3.21. The maximum Gasteiger partial charge on any atom is 0.193 e. The lowest BCUT2D eigenvalue weighted by molar-refractivity contribution is 0.255. The van der Waals surface area contributed by atoms with Gasteiger partial charge in [-0.25, -0.2) is 0 Å². The van der Waals surface area contributed by atoms with E-state index in [0.717, 1.165) is 30.9 Å². The molecule has 2 aliphatic rings. The number of hydrogen-bond donors (Lipinski definition) is 1. The first kappa shape index (κ1) is 20.0. The molecular weight excluding hydrogens is 387 g/mol. The monoisotopic (exact) mass is 422 g/mol. The van der Waals surface area contributed by atoms with Gasteiger partial charge in [0.1, 0.15) is 0 Å². The molecule has 5 heteroatoms. The Kier molecular flexibility index (Phi) is 9.71. The van der Waals surface area contributed by atoms with Crippen molar-refractivity contribution in [1.82, 2.24) is 15.1 Å². The normalized spacial score (nSPS) is 22.1. The van der Waals surface area contributed by atoms with Gasteiger partial charge in [0, 0.05) is 32.7 Å². The molecule has 4 nitrogen and oxygen atoms in total. The zero-order chi connectivity index (χ0) is 15.1. The lowest BCUT2D eigenvalue weighted by Gasteiger charge is -2.24. The van der Waals surface area contributed by atoms with Crippen LogP contribution in [0.4, 0.5) is 0 Å². The summed E-state index contributed by atoms with van der Waals surface area (Å²) < 4.78 is 0. The molecule has 1 heterocycles. The minimum atomic E-state index is 0. The summed E-state index contributed by atoms with van der Waals surface area (Å²) in [6.07, 6.45) is 5.46. The second-order valence-corrected chi connectivity index (χ2v) is 6.55. The molecule has 0 aromatic carbocycles. The van der Waals surface area contributed by atoms with E-state index in [2.05, 4.69) is 35.9 Å². The molecule has 1 aliphatic carbocycles. The minimum Gasteiger partial charge on any atom is -0.357 e. The van der Waals surface area contributed by atoms with Gasteiger partial charge in [-0.2, -0.15) is 0 Å². The molecule has 0 radical (unpaired) electrons. The molecule has 0 amide bonds. The second kappa shape index (κ2) is 10.7. The molecular formula is C17H35IN4. The Morgan fingerprint density at radius 1 is 1.14 bits per heavy atom. The lowest BCUT2D eigenvalue weighted by Crippen LogP contribution is -2.41. The van der Waals surface area contributed by atoms with Crippen molar-refractivity contribution < 1.29 is 0 Å². The Labute approximate surface area is 154 Å². The third-order valence-electron chi connectivity index (χ3n) is 4.83. The summed E-state index contributed by atoms with van der Waals surface area (Å²) in [7, 11) is 0. The van der Waals surface area contributed by atoms with E-state index >= 15 is 0 Å². The molecule has 0 bridgehead atoms. The molecule has 1 atom stereocenters. The minimum absolute atomic E-state index is 0. The zero-order valence-corrected chi connectivity index (χ0v) is 17.0. The van der Waals surface area contributed by atoms with Gasteiger partial charge in [-0.1, -0.05) is 26.7 Å². The average molecular weight is 422 g/mol. The smallest absolute Gasteiger partial charge is 0.193 e. The van der Waals surface area contributed by atoms with E-state index in [1.54, 1.807) is 0 Å². The molecule has 0 aromatic rings. The Morgan fingerprint density at radius 3 is 2.45 bits per heavy atom. The summed E-state index contributed by atoms with van der Waals surface area (Å²) in [6, 6.07) is 0. The van der Waals surface area contributed by atoms with Gasteiger partial charge in [0.15, 0.2) is 5.96 Å². The van der Waals surface area contributed by atoms with Crippen LogP contribution in [0.2, 0.25) is 0 Å². The number of rotatable bonds is 8. The molecule has 2 fully saturated rings. The van der Waals surface area contributed by atoms with Crippen LogP contribution in [-0.4, -0.2) is 61.6 Å². The Balaban J connectivity index is 0.00000242. The van der Waals surface area contributed by atoms with Crippen molar-refractivity contribution in [3.05, 3.63) is 0 Å². The Morgan fingerprint density at radius 2 is 1.86 bits per heavy atom. The van der Waals surface area contributed by atoms with E-state index in [0.29, 0.717) is 0 Å². The van der Waals surface area contributed by atoms with Crippen LogP contribution >= 0.6 is 24.0 Å². The first-order valence-electron chi connectivity index (χ1n) is 9.02. The Hall–Kier alpha value is -0.0400.